The van der Waals surface area contributed by atoms with Crippen LogP contribution in [0.15, 0.2) is 24.3 Å². The molecular weight excluding hydrogens is 300 g/mol. The molecule has 1 aromatic carbocycles. The normalized spacial score (nSPS) is 17.4. The Morgan fingerprint density at radius 2 is 2.09 bits per heavy atom. The van der Waals surface area contributed by atoms with Gasteiger partial charge in [0.05, 0.1) is 12.5 Å². The number of ether oxygens (including phenoxy) is 1. The van der Waals surface area contributed by atoms with Gasteiger partial charge in [0.2, 0.25) is 5.91 Å². The van der Waals surface area contributed by atoms with Crippen LogP contribution in [0.1, 0.15) is 31.2 Å². The van der Waals surface area contributed by atoms with Crippen LogP contribution < -0.4 is 15.4 Å². The van der Waals surface area contributed by atoms with Crippen LogP contribution in [0.2, 0.25) is 0 Å². The van der Waals surface area contributed by atoms with Gasteiger partial charge in [0.15, 0.2) is 0 Å². The Morgan fingerprint density at radius 1 is 1.32 bits per heavy atom. The van der Waals surface area contributed by atoms with Gasteiger partial charge in [0.25, 0.3) is 0 Å². The summed E-state index contributed by atoms with van der Waals surface area (Å²) in [4.78, 5) is 11.9. The Morgan fingerprint density at radius 3 is 2.77 bits per heavy atom. The molecule has 0 aromatic heterocycles. The lowest BCUT2D eigenvalue weighted by Gasteiger charge is -2.21. The molecule has 22 heavy (non-hydrogen) atoms. The van der Waals surface area contributed by atoms with E-state index in [0.717, 1.165) is 51.1 Å². The van der Waals surface area contributed by atoms with Gasteiger partial charge in [0.1, 0.15) is 5.75 Å². The first kappa shape index (κ1) is 18.8. The van der Waals surface area contributed by atoms with Crippen LogP contribution in [0.4, 0.5) is 0 Å². The van der Waals surface area contributed by atoms with E-state index < -0.39 is 0 Å². The molecule has 1 atom stereocenters. The van der Waals surface area contributed by atoms with E-state index in [-0.39, 0.29) is 24.2 Å². The molecule has 1 aromatic rings. The molecule has 0 aliphatic carbocycles. The summed E-state index contributed by atoms with van der Waals surface area (Å²) >= 11 is 0. The second-order valence-corrected chi connectivity index (χ2v) is 5.70. The summed E-state index contributed by atoms with van der Waals surface area (Å²) in [7, 11) is 0. The third-order valence-corrected chi connectivity index (χ3v) is 3.83. The lowest BCUT2D eigenvalue weighted by Crippen LogP contribution is -2.40. The average Bonchev–Trinajstić information content (AvgIpc) is 2.53. The molecule has 1 saturated heterocycles. The zero-order valence-electron chi connectivity index (χ0n) is 13.3. The van der Waals surface area contributed by atoms with Crippen molar-refractivity contribution in [2.24, 2.45) is 5.92 Å². The standard InChI is InChI=1S/C17H26N2O2.ClH/c1-14-6-8-16(9-7-14)21-12-3-2-11-19-17(20)15-5-4-10-18-13-15;/h6-9,15,18H,2-5,10-13H2,1H3,(H,19,20);1H. The molecule has 0 saturated carbocycles. The Kier molecular flexibility index (Phi) is 8.94. The molecule has 1 amide bonds. The highest BCUT2D eigenvalue weighted by Crippen LogP contribution is 2.12. The van der Waals surface area contributed by atoms with Gasteiger partial charge in [-0.15, -0.1) is 12.4 Å². The summed E-state index contributed by atoms with van der Waals surface area (Å²) in [6.45, 7) is 5.37. The summed E-state index contributed by atoms with van der Waals surface area (Å²) in [5.74, 6) is 1.27. The highest BCUT2D eigenvalue weighted by atomic mass is 35.5. The Hall–Kier alpha value is -1.26. The predicted molar refractivity (Wildman–Crippen MR) is 91.8 cm³/mol. The lowest BCUT2D eigenvalue weighted by molar-refractivity contribution is -0.125. The molecule has 0 bridgehead atoms. The van der Waals surface area contributed by atoms with E-state index in [9.17, 15) is 4.79 Å². The molecule has 124 valence electrons. The topological polar surface area (TPSA) is 50.4 Å². The number of unbranched alkanes of at least 4 members (excludes halogenated alkanes) is 1. The number of hydrogen-bond donors (Lipinski definition) is 2. The molecule has 1 fully saturated rings. The van der Waals surface area contributed by atoms with Crippen molar-refractivity contribution in [2.75, 3.05) is 26.2 Å². The Bertz CT molecular complexity index is 431. The van der Waals surface area contributed by atoms with E-state index in [0.29, 0.717) is 6.61 Å². The fourth-order valence-corrected chi connectivity index (χ4v) is 2.48. The van der Waals surface area contributed by atoms with Gasteiger partial charge in [-0.05, 0) is 51.3 Å². The highest BCUT2D eigenvalue weighted by molar-refractivity contribution is 5.85. The predicted octanol–water partition coefficient (Wildman–Crippen LogP) is 2.69. The third kappa shape index (κ3) is 6.67. The number of piperidine rings is 1. The van der Waals surface area contributed by atoms with Crippen LogP contribution in [0, 0.1) is 12.8 Å². The van der Waals surface area contributed by atoms with Crippen LogP contribution in [-0.2, 0) is 4.79 Å². The van der Waals surface area contributed by atoms with Crippen molar-refractivity contribution in [3.63, 3.8) is 0 Å². The van der Waals surface area contributed by atoms with E-state index >= 15 is 0 Å². The van der Waals surface area contributed by atoms with Crippen molar-refractivity contribution in [3.05, 3.63) is 29.8 Å². The van der Waals surface area contributed by atoms with Gasteiger partial charge in [-0.3, -0.25) is 4.79 Å². The number of hydrogen-bond acceptors (Lipinski definition) is 3. The zero-order valence-corrected chi connectivity index (χ0v) is 14.1. The van der Waals surface area contributed by atoms with Gasteiger partial charge in [-0.25, -0.2) is 0 Å². The number of nitrogens with one attached hydrogen (secondary N) is 2. The molecule has 1 aliphatic rings. The number of carbonyl (C=O) groups is 1. The van der Waals surface area contributed by atoms with E-state index in [4.69, 9.17) is 4.74 Å². The smallest absolute Gasteiger partial charge is 0.224 e. The molecule has 4 nitrogen and oxygen atoms in total. The fourth-order valence-electron chi connectivity index (χ4n) is 2.48. The SMILES string of the molecule is Cc1ccc(OCCCCNC(=O)C2CCCNC2)cc1.Cl. The van der Waals surface area contributed by atoms with Crippen LogP contribution in [0.3, 0.4) is 0 Å². The summed E-state index contributed by atoms with van der Waals surface area (Å²) in [5.41, 5.74) is 1.24. The zero-order chi connectivity index (χ0) is 14.9. The van der Waals surface area contributed by atoms with Crippen molar-refractivity contribution in [2.45, 2.75) is 32.6 Å². The number of benzene rings is 1. The first-order valence-electron chi connectivity index (χ1n) is 7.93. The Labute approximate surface area is 139 Å². The quantitative estimate of drug-likeness (QED) is 0.757. The van der Waals surface area contributed by atoms with Gasteiger partial charge in [0, 0.05) is 13.1 Å². The van der Waals surface area contributed by atoms with Crippen molar-refractivity contribution in [3.8, 4) is 5.75 Å². The third-order valence-electron chi connectivity index (χ3n) is 3.83. The second-order valence-electron chi connectivity index (χ2n) is 5.70. The minimum absolute atomic E-state index is 0. The van der Waals surface area contributed by atoms with Gasteiger partial charge >= 0.3 is 0 Å². The Balaban J connectivity index is 0.00000242. The van der Waals surface area contributed by atoms with E-state index in [2.05, 4.69) is 17.6 Å². The summed E-state index contributed by atoms with van der Waals surface area (Å²) in [6.07, 6.45) is 4.02. The number of amides is 1. The van der Waals surface area contributed by atoms with Gasteiger partial charge in [-0.1, -0.05) is 17.7 Å². The van der Waals surface area contributed by atoms with Crippen LogP contribution in [0.25, 0.3) is 0 Å². The monoisotopic (exact) mass is 326 g/mol. The largest absolute Gasteiger partial charge is 0.494 e. The number of rotatable bonds is 7. The number of halogens is 1. The maximum atomic E-state index is 11.9. The van der Waals surface area contributed by atoms with Crippen molar-refractivity contribution < 1.29 is 9.53 Å². The molecule has 2 rings (SSSR count). The molecule has 1 unspecified atom stereocenters. The van der Waals surface area contributed by atoms with Crippen LogP contribution in [0.5, 0.6) is 5.75 Å². The van der Waals surface area contributed by atoms with Gasteiger partial charge in [-0.2, -0.15) is 0 Å². The van der Waals surface area contributed by atoms with Crippen LogP contribution in [-0.4, -0.2) is 32.1 Å². The van der Waals surface area contributed by atoms with Crippen LogP contribution >= 0.6 is 12.4 Å². The van der Waals surface area contributed by atoms with Gasteiger partial charge < -0.3 is 15.4 Å². The summed E-state index contributed by atoms with van der Waals surface area (Å²) in [6, 6.07) is 8.09. The minimum Gasteiger partial charge on any atom is -0.494 e. The molecule has 1 heterocycles. The number of carbonyl (C=O) groups excluding carboxylic acids is 1. The van der Waals surface area contributed by atoms with Crippen molar-refractivity contribution in [1.29, 1.82) is 0 Å². The molecule has 0 radical (unpaired) electrons. The average molecular weight is 327 g/mol. The maximum Gasteiger partial charge on any atom is 0.224 e. The molecule has 1 aliphatic heterocycles. The molecule has 5 heteroatoms. The molecular formula is C17H27ClN2O2. The first-order valence-corrected chi connectivity index (χ1v) is 7.93. The maximum absolute atomic E-state index is 11.9. The van der Waals surface area contributed by atoms with E-state index in [1.807, 2.05) is 24.3 Å². The number of aryl methyl sites for hydroxylation is 1. The molecule has 0 spiro atoms. The van der Waals surface area contributed by atoms with Crippen molar-refractivity contribution >= 4 is 18.3 Å². The lowest BCUT2D eigenvalue weighted by atomic mass is 9.99. The van der Waals surface area contributed by atoms with E-state index in [1.54, 1.807) is 0 Å². The first-order chi connectivity index (χ1) is 10.3. The molecule has 2 N–H and O–H groups in total. The van der Waals surface area contributed by atoms with E-state index in [1.165, 1.54) is 5.56 Å². The highest BCUT2D eigenvalue weighted by Gasteiger charge is 2.19. The summed E-state index contributed by atoms with van der Waals surface area (Å²) < 4.78 is 5.66. The van der Waals surface area contributed by atoms with Crippen molar-refractivity contribution in [1.82, 2.24) is 10.6 Å². The fraction of sp³-hybridized carbons (Fsp3) is 0.588. The summed E-state index contributed by atoms with van der Waals surface area (Å²) in [5, 5.41) is 6.29. The second kappa shape index (κ2) is 10.5. The minimum atomic E-state index is 0.